The minimum absolute atomic E-state index is 0.567. The first kappa shape index (κ1) is 11.5. The van der Waals surface area contributed by atoms with Gasteiger partial charge < -0.3 is 0 Å². The molecule has 0 spiro atoms. The first-order chi connectivity index (χ1) is 5.37. The van der Waals surface area contributed by atoms with E-state index in [-0.39, 0.29) is 0 Å². The summed E-state index contributed by atoms with van der Waals surface area (Å²) in [6.45, 7) is 17.3. The van der Waals surface area contributed by atoms with Crippen molar-refractivity contribution in [2.24, 2.45) is 11.8 Å². The lowest BCUT2D eigenvalue weighted by Crippen LogP contribution is -2.04. The summed E-state index contributed by atoms with van der Waals surface area (Å²) in [6.07, 6.45) is 0. The van der Waals surface area contributed by atoms with Crippen LogP contribution in [0.2, 0.25) is 0 Å². The van der Waals surface area contributed by atoms with Crippen molar-refractivity contribution in [2.75, 3.05) is 0 Å². The van der Waals surface area contributed by atoms with Gasteiger partial charge in [0.2, 0.25) is 0 Å². The highest BCUT2D eigenvalue weighted by molar-refractivity contribution is 5.34. The van der Waals surface area contributed by atoms with Crippen LogP contribution in [-0.4, -0.2) is 0 Å². The summed E-state index contributed by atoms with van der Waals surface area (Å²) in [7, 11) is 0. The Morgan fingerprint density at radius 3 is 1.42 bits per heavy atom. The summed E-state index contributed by atoms with van der Waals surface area (Å²) < 4.78 is 0. The summed E-state index contributed by atoms with van der Waals surface area (Å²) in [4.78, 5) is 0. The predicted octanol–water partition coefficient (Wildman–Crippen LogP) is 4.19. The summed E-state index contributed by atoms with van der Waals surface area (Å²) in [5, 5.41) is 0. The van der Waals surface area contributed by atoms with Gasteiger partial charge in [0, 0.05) is 0 Å². The van der Waals surface area contributed by atoms with E-state index in [4.69, 9.17) is 0 Å². The van der Waals surface area contributed by atoms with E-state index in [1.54, 1.807) is 0 Å². The summed E-state index contributed by atoms with van der Waals surface area (Å²) in [6, 6.07) is 0. The lowest BCUT2D eigenvalue weighted by atomic mass is 9.86. The van der Waals surface area contributed by atoms with Gasteiger partial charge in [-0.2, -0.15) is 0 Å². The van der Waals surface area contributed by atoms with Crippen molar-refractivity contribution in [1.29, 1.82) is 0 Å². The van der Waals surface area contributed by atoms with Gasteiger partial charge in [-0.1, -0.05) is 39.8 Å². The largest absolute Gasteiger partial charge is 0.0953 e. The van der Waals surface area contributed by atoms with E-state index in [0.717, 1.165) is 0 Å². The maximum absolute atomic E-state index is 4.14. The summed E-state index contributed by atoms with van der Waals surface area (Å²) >= 11 is 0. The Balaban J connectivity index is 4.80. The van der Waals surface area contributed by atoms with E-state index in [9.17, 15) is 0 Å². The average Bonchev–Trinajstić information content (AvgIpc) is 1.85. The zero-order valence-corrected chi connectivity index (χ0v) is 9.36. The smallest absolute Gasteiger partial charge is 0.0217 e. The first-order valence-electron chi connectivity index (χ1n) is 4.74. The summed E-state index contributed by atoms with van der Waals surface area (Å²) in [5.74, 6) is 1.17. The van der Waals surface area contributed by atoms with Crippen LogP contribution in [0.5, 0.6) is 0 Å². The lowest BCUT2D eigenvalue weighted by molar-refractivity contribution is 0.696. The van der Waals surface area contributed by atoms with Crippen LogP contribution in [0, 0.1) is 11.8 Å². The molecule has 0 heteroatoms. The Hall–Kier alpha value is -0.520. The number of hydrogen-bond donors (Lipinski definition) is 0. The zero-order valence-electron chi connectivity index (χ0n) is 9.36. The number of rotatable bonds is 3. The molecule has 0 aromatic rings. The molecule has 70 valence electrons. The Morgan fingerprint density at radius 2 is 1.33 bits per heavy atom. The standard InChI is InChI=1S/C12H22/c1-8(2)11(7)12(9(3)4)10(5)6/h8-9H,7H2,1-6H3. The van der Waals surface area contributed by atoms with Crippen LogP contribution in [0.4, 0.5) is 0 Å². The van der Waals surface area contributed by atoms with Gasteiger partial charge in [0.15, 0.2) is 0 Å². The lowest BCUT2D eigenvalue weighted by Gasteiger charge is -2.19. The van der Waals surface area contributed by atoms with Gasteiger partial charge in [-0.05, 0) is 36.8 Å². The van der Waals surface area contributed by atoms with Gasteiger partial charge >= 0.3 is 0 Å². The van der Waals surface area contributed by atoms with E-state index in [1.165, 1.54) is 16.7 Å². The van der Waals surface area contributed by atoms with Crippen molar-refractivity contribution in [3.8, 4) is 0 Å². The van der Waals surface area contributed by atoms with Gasteiger partial charge in [-0.15, -0.1) is 0 Å². The molecule has 0 saturated carbocycles. The van der Waals surface area contributed by atoms with Crippen LogP contribution in [0.25, 0.3) is 0 Å². The maximum Gasteiger partial charge on any atom is -0.0217 e. The van der Waals surface area contributed by atoms with Crippen LogP contribution in [0.15, 0.2) is 23.3 Å². The highest BCUT2D eigenvalue weighted by Crippen LogP contribution is 2.26. The number of hydrogen-bond acceptors (Lipinski definition) is 0. The third-order valence-electron chi connectivity index (χ3n) is 2.16. The molecule has 0 radical (unpaired) electrons. The molecule has 0 aliphatic rings. The quantitative estimate of drug-likeness (QED) is 0.551. The monoisotopic (exact) mass is 166 g/mol. The van der Waals surface area contributed by atoms with E-state index in [1.807, 2.05) is 0 Å². The Kier molecular flexibility index (Phi) is 4.30. The Bertz CT molecular complexity index is 188. The molecule has 0 rings (SSSR count). The molecule has 0 aliphatic heterocycles. The molecule has 0 aromatic heterocycles. The molecule has 0 bridgehead atoms. The van der Waals surface area contributed by atoms with Gasteiger partial charge in [0.1, 0.15) is 0 Å². The topological polar surface area (TPSA) is 0 Å². The maximum atomic E-state index is 4.14. The molecule has 0 saturated heterocycles. The van der Waals surface area contributed by atoms with Crippen LogP contribution >= 0.6 is 0 Å². The number of allylic oxidation sites excluding steroid dienone is 3. The van der Waals surface area contributed by atoms with E-state index in [2.05, 4.69) is 48.1 Å². The van der Waals surface area contributed by atoms with E-state index < -0.39 is 0 Å². The molecule has 0 aliphatic carbocycles. The van der Waals surface area contributed by atoms with E-state index >= 15 is 0 Å². The van der Waals surface area contributed by atoms with Crippen LogP contribution in [-0.2, 0) is 0 Å². The highest BCUT2D eigenvalue weighted by Gasteiger charge is 2.11. The van der Waals surface area contributed by atoms with Crippen molar-refractivity contribution in [1.82, 2.24) is 0 Å². The van der Waals surface area contributed by atoms with Crippen LogP contribution < -0.4 is 0 Å². The van der Waals surface area contributed by atoms with Crippen molar-refractivity contribution < 1.29 is 0 Å². The molecule has 12 heavy (non-hydrogen) atoms. The van der Waals surface area contributed by atoms with Gasteiger partial charge in [0.25, 0.3) is 0 Å². The second-order valence-electron chi connectivity index (χ2n) is 4.25. The fraction of sp³-hybridized carbons (Fsp3) is 0.667. The zero-order chi connectivity index (χ0) is 9.89. The minimum Gasteiger partial charge on any atom is -0.0953 e. The fourth-order valence-electron chi connectivity index (χ4n) is 1.58. The van der Waals surface area contributed by atoms with Crippen molar-refractivity contribution in [3.63, 3.8) is 0 Å². The average molecular weight is 166 g/mol. The normalized spacial score (nSPS) is 10.7. The van der Waals surface area contributed by atoms with Crippen LogP contribution in [0.1, 0.15) is 41.5 Å². The van der Waals surface area contributed by atoms with Crippen LogP contribution in [0.3, 0.4) is 0 Å². The minimum atomic E-state index is 0.567. The van der Waals surface area contributed by atoms with Gasteiger partial charge in [-0.3, -0.25) is 0 Å². The molecule has 0 aromatic carbocycles. The molecule has 0 heterocycles. The van der Waals surface area contributed by atoms with Crippen molar-refractivity contribution in [3.05, 3.63) is 23.3 Å². The van der Waals surface area contributed by atoms with Gasteiger partial charge in [0.05, 0.1) is 0 Å². The molecular weight excluding hydrogens is 144 g/mol. The highest BCUT2D eigenvalue weighted by atomic mass is 14.2. The van der Waals surface area contributed by atoms with Crippen molar-refractivity contribution in [2.45, 2.75) is 41.5 Å². The molecule has 0 nitrogen and oxygen atoms in total. The fourth-order valence-corrected chi connectivity index (χ4v) is 1.58. The van der Waals surface area contributed by atoms with Crippen molar-refractivity contribution >= 4 is 0 Å². The molecule has 0 amide bonds. The summed E-state index contributed by atoms with van der Waals surface area (Å²) in [5.41, 5.74) is 4.15. The molecule has 0 atom stereocenters. The molecule has 0 N–H and O–H groups in total. The van der Waals surface area contributed by atoms with E-state index in [0.29, 0.717) is 11.8 Å². The first-order valence-corrected chi connectivity index (χ1v) is 4.74. The third kappa shape index (κ3) is 2.84. The molecule has 0 unspecified atom stereocenters. The second kappa shape index (κ2) is 4.49. The Morgan fingerprint density at radius 1 is 0.917 bits per heavy atom. The Labute approximate surface area is 77.4 Å². The molecular formula is C12H22. The third-order valence-corrected chi connectivity index (χ3v) is 2.16. The predicted molar refractivity (Wildman–Crippen MR) is 57.2 cm³/mol. The second-order valence-corrected chi connectivity index (χ2v) is 4.25. The molecule has 0 fully saturated rings. The van der Waals surface area contributed by atoms with Gasteiger partial charge in [-0.25, -0.2) is 0 Å². The SMILES string of the molecule is C=C(C(=C(C)C)C(C)C)C(C)C.